The zero-order valence-electron chi connectivity index (χ0n) is 16.1. The first-order valence-corrected chi connectivity index (χ1v) is 11.5. The lowest BCUT2D eigenvalue weighted by Gasteiger charge is -2.15. The third-order valence-corrected chi connectivity index (χ3v) is 6.60. The van der Waals surface area contributed by atoms with Gasteiger partial charge in [-0.1, -0.05) is 0 Å². The van der Waals surface area contributed by atoms with E-state index in [0.717, 1.165) is 0 Å². The minimum absolute atomic E-state index is 0.00608. The Morgan fingerprint density at radius 3 is 2.07 bits per heavy atom. The summed E-state index contributed by atoms with van der Waals surface area (Å²) in [5.74, 6) is 0.741. The number of sulfonamides is 2. The second kappa shape index (κ2) is 8.80. The lowest BCUT2D eigenvalue weighted by Crippen LogP contribution is -2.30. The zero-order valence-corrected chi connectivity index (χ0v) is 17.7. The summed E-state index contributed by atoms with van der Waals surface area (Å²) < 4.78 is 65.5. The van der Waals surface area contributed by atoms with Gasteiger partial charge in [0.1, 0.15) is 11.5 Å². The summed E-state index contributed by atoms with van der Waals surface area (Å²) in [4.78, 5) is -0.0713. The highest BCUT2D eigenvalue weighted by atomic mass is 32.2. The van der Waals surface area contributed by atoms with Crippen molar-refractivity contribution >= 4 is 25.7 Å². The maximum atomic E-state index is 12.7. The standard InChI is InChI=1S/C18H24N2O6S2/c1-5-26-14-6-8-15(9-7-14)27(21,22)20-17-12-16(10-11-18(17)25-4)28(23,24)19-13(2)3/h6-13,19-20H,5H2,1-4H3. The molecule has 0 aliphatic heterocycles. The minimum Gasteiger partial charge on any atom is -0.495 e. The van der Waals surface area contributed by atoms with Crippen molar-refractivity contribution in [3.63, 3.8) is 0 Å². The van der Waals surface area contributed by atoms with Gasteiger partial charge in [0.05, 0.1) is 29.2 Å². The van der Waals surface area contributed by atoms with E-state index in [0.29, 0.717) is 12.4 Å². The zero-order chi connectivity index (χ0) is 20.9. The van der Waals surface area contributed by atoms with Crippen LogP contribution >= 0.6 is 0 Å². The Hall–Kier alpha value is -2.30. The Morgan fingerprint density at radius 1 is 0.929 bits per heavy atom. The Kier molecular flexibility index (Phi) is 6.91. The Bertz CT molecular complexity index is 1020. The van der Waals surface area contributed by atoms with Crippen molar-refractivity contribution in [2.24, 2.45) is 0 Å². The van der Waals surface area contributed by atoms with Crippen molar-refractivity contribution in [3.05, 3.63) is 42.5 Å². The van der Waals surface area contributed by atoms with Gasteiger partial charge in [0.15, 0.2) is 0 Å². The van der Waals surface area contributed by atoms with Crippen LogP contribution in [0.3, 0.4) is 0 Å². The molecule has 2 N–H and O–H groups in total. The summed E-state index contributed by atoms with van der Waals surface area (Å²) in [7, 11) is -6.39. The Balaban J connectivity index is 2.39. The van der Waals surface area contributed by atoms with Gasteiger partial charge in [-0.05, 0) is 63.2 Å². The lowest BCUT2D eigenvalue weighted by molar-refractivity contribution is 0.340. The van der Waals surface area contributed by atoms with Gasteiger partial charge < -0.3 is 9.47 Å². The van der Waals surface area contributed by atoms with Crippen LogP contribution in [0.25, 0.3) is 0 Å². The van der Waals surface area contributed by atoms with Gasteiger partial charge in [0.2, 0.25) is 10.0 Å². The van der Waals surface area contributed by atoms with Gasteiger partial charge in [0.25, 0.3) is 10.0 Å². The SMILES string of the molecule is CCOc1ccc(S(=O)(=O)Nc2cc(S(=O)(=O)NC(C)C)ccc2OC)cc1. The molecule has 0 aliphatic carbocycles. The maximum Gasteiger partial charge on any atom is 0.262 e. The molecule has 0 spiro atoms. The van der Waals surface area contributed by atoms with E-state index in [4.69, 9.17) is 9.47 Å². The summed E-state index contributed by atoms with van der Waals surface area (Å²) in [5.41, 5.74) is 0.0167. The number of hydrogen-bond acceptors (Lipinski definition) is 6. The van der Waals surface area contributed by atoms with Crippen LogP contribution < -0.4 is 18.9 Å². The summed E-state index contributed by atoms with van der Waals surface area (Å²) in [6, 6.07) is 9.54. The highest BCUT2D eigenvalue weighted by molar-refractivity contribution is 7.92. The van der Waals surface area contributed by atoms with Gasteiger partial charge in [0, 0.05) is 6.04 Å². The summed E-state index contributed by atoms with van der Waals surface area (Å²) in [6.07, 6.45) is 0. The fourth-order valence-electron chi connectivity index (χ4n) is 2.40. The van der Waals surface area contributed by atoms with Crippen LogP contribution in [0.5, 0.6) is 11.5 Å². The lowest BCUT2D eigenvalue weighted by atomic mass is 10.3. The molecule has 0 saturated heterocycles. The molecule has 0 radical (unpaired) electrons. The van der Waals surface area contributed by atoms with Crippen LogP contribution in [0, 0.1) is 0 Å². The molecule has 0 atom stereocenters. The molecule has 2 aromatic carbocycles. The largest absolute Gasteiger partial charge is 0.495 e. The first-order chi connectivity index (χ1) is 13.1. The van der Waals surface area contributed by atoms with Crippen LogP contribution in [0.15, 0.2) is 52.3 Å². The van der Waals surface area contributed by atoms with E-state index < -0.39 is 20.0 Å². The molecule has 0 fully saturated rings. The monoisotopic (exact) mass is 428 g/mol. The van der Waals surface area contributed by atoms with Crippen molar-refractivity contribution < 1.29 is 26.3 Å². The molecule has 2 aromatic rings. The number of rotatable bonds is 9. The molecule has 0 bridgehead atoms. The number of methoxy groups -OCH3 is 1. The van der Waals surface area contributed by atoms with E-state index in [1.165, 1.54) is 37.4 Å². The molecule has 0 unspecified atom stereocenters. The van der Waals surface area contributed by atoms with Gasteiger partial charge >= 0.3 is 0 Å². The van der Waals surface area contributed by atoms with E-state index in [9.17, 15) is 16.8 Å². The fourth-order valence-corrected chi connectivity index (χ4v) is 4.74. The quantitative estimate of drug-likeness (QED) is 0.635. The summed E-state index contributed by atoms with van der Waals surface area (Å²) >= 11 is 0. The van der Waals surface area contributed by atoms with Crippen LogP contribution in [-0.2, 0) is 20.0 Å². The number of hydrogen-bond donors (Lipinski definition) is 2. The van der Waals surface area contributed by atoms with Crippen LogP contribution in [0.4, 0.5) is 5.69 Å². The number of nitrogens with one attached hydrogen (secondary N) is 2. The summed E-state index contributed by atoms with van der Waals surface area (Å²) in [5, 5.41) is 0. The van der Waals surface area contributed by atoms with E-state index >= 15 is 0 Å². The Labute approximate surface area is 166 Å². The maximum absolute atomic E-state index is 12.7. The smallest absolute Gasteiger partial charge is 0.262 e. The second-order valence-electron chi connectivity index (χ2n) is 6.15. The Morgan fingerprint density at radius 2 is 1.54 bits per heavy atom. The molecule has 8 nitrogen and oxygen atoms in total. The summed E-state index contributed by atoms with van der Waals surface area (Å²) in [6.45, 7) is 5.67. The predicted octanol–water partition coefficient (Wildman–Crippen LogP) is 2.58. The van der Waals surface area contributed by atoms with E-state index in [1.54, 1.807) is 26.0 Å². The first-order valence-electron chi connectivity index (χ1n) is 8.55. The van der Waals surface area contributed by atoms with Crippen LogP contribution in [0.2, 0.25) is 0 Å². The van der Waals surface area contributed by atoms with E-state index in [-0.39, 0.29) is 27.3 Å². The number of ether oxygens (including phenoxy) is 2. The molecule has 0 heterocycles. The predicted molar refractivity (Wildman–Crippen MR) is 107 cm³/mol. The molecule has 28 heavy (non-hydrogen) atoms. The molecular formula is C18H24N2O6S2. The highest BCUT2D eigenvalue weighted by Crippen LogP contribution is 2.30. The van der Waals surface area contributed by atoms with Crippen molar-refractivity contribution in [2.45, 2.75) is 36.6 Å². The minimum atomic E-state index is -3.96. The normalized spacial score (nSPS) is 12.0. The molecule has 154 valence electrons. The molecule has 0 saturated carbocycles. The molecule has 0 aliphatic rings. The number of benzene rings is 2. The molecule has 10 heteroatoms. The molecular weight excluding hydrogens is 404 g/mol. The highest BCUT2D eigenvalue weighted by Gasteiger charge is 2.21. The average Bonchev–Trinajstić information content (AvgIpc) is 2.61. The van der Waals surface area contributed by atoms with E-state index in [1.807, 2.05) is 6.92 Å². The molecule has 0 amide bonds. The van der Waals surface area contributed by atoms with Crippen molar-refractivity contribution in [2.75, 3.05) is 18.4 Å². The topological polar surface area (TPSA) is 111 Å². The second-order valence-corrected chi connectivity index (χ2v) is 9.54. The average molecular weight is 429 g/mol. The van der Waals surface area contributed by atoms with Crippen molar-refractivity contribution in [1.82, 2.24) is 4.72 Å². The van der Waals surface area contributed by atoms with Gasteiger partial charge in [-0.15, -0.1) is 0 Å². The van der Waals surface area contributed by atoms with Gasteiger partial charge in [-0.3, -0.25) is 4.72 Å². The number of anilines is 1. The molecule has 2 rings (SSSR count). The molecule has 0 aromatic heterocycles. The van der Waals surface area contributed by atoms with Gasteiger partial charge in [-0.2, -0.15) is 0 Å². The van der Waals surface area contributed by atoms with E-state index in [2.05, 4.69) is 9.44 Å². The third kappa shape index (κ3) is 5.37. The fraction of sp³-hybridized carbons (Fsp3) is 0.333. The van der Waals surface area contributed by atoms with Crippen LogP contribution in [-0.4, -0.2) is 36.6 Å². The first kappa shape index (κ1) is 22.0. The third-order valence-electron chi connectivity index (χ3n) is 3.56. The van der Waals surface area contributed by atoms with Gasteiger partial charge in [-0.25, -0.2) is 21.6 Å². The van der Waals surface area contributed by atoms with Crippen molar-refractivity contribution in [1.29, 1.82) is 0 Å². The van der Waals surface area contributed by atoms with Crippen molar-refractivity contribution in [3.8, 4) is 11.5 Å². The van der Waals surface area contributed by atoms with Crippen LogP contribution in [0.1, 0.15) is 20.8 Å².